The van der Waals surface area contributed by atoms with Gasteiger partial charge in [0.05, 0.1) is 33.8 Å². The molecule has 0 saturated carbocycles. The van der Waals surface area contributed by atoms with Crippen molar-refractivity contribution in [2.75, 3.05) is 40.9 Å². The third-order valence-electron chi connectivity index (χ3n) is 15.3. The van der Waals surface area contributed by atoms with Crippen molar-refractivity contribution in [2.24, 2.45) is 0 Å². The molecule has 3 unspecified atom stereocenters. The lowest BCUT2D eigenvalue weighted by atomic mass is 10.0. The van der Waals surface area contributed by atoms with Gasteiger partial charge in [-0.3, -0.25) is 18.6 Å². The Morgan fingerprint density at radius 1 is 0.409 bits per heavy atom. The molecule has 88 heavy (non-hydrogen) atoms. The molecule has 9 nitrogen and oxygen atoms in total. The van der Waals surface area contributed by atoms with Crippen LogP contribution in [0.4, 0.5) is 0 Å². The second kappa shape index (κ2) is 66.1. The number of hydrogen-bond donors (Lipinski definition) is 2. The monoisotopic (exact) mass is 1240 g/mol. The second-order valence-electron chi connectivity index (χ2n) is 25.0. The van der Waals surface area contributed by atoms with Crippen molar-refractivity contribution in [2.45, 2.75) is 309 Å². The van der Waals surface area contributed by atoms with Gasteiger partial charge in [-0.05, 0) is 128 Å². The van der Waals surface area contributed by atoms with Crippen molar-refractivity contribution >= 4 is 19.7 Å². The normalized spacial score (nSPS) is 14.3. The van der Waals surface area contributed by atoms with Gasteiger partial charge in [0.25, 0.3) is 0 Å². The molecular formula is C78H136N2O7P+. The van der Waals surface area contributed by atoms with E-state index >= 15 is 0 Å². The molecule has 3 atom stereocenters. The summed E-state index contributed by atoms with van der Waals surface area (Å²) in [5, 5.41) is 3.05. The van der Waals surface area contributed by atoms with Gasteiger partial charge >= 0.3 is 13.8 Å². The molecule has 0 aliphatic carbocycles. The summed E-state index contributed by atoms with van der Waals surface area (Å²) in [6.45, 7) is 6.85. The van der Waals surface area contributed by atoms with Gasteiger partial charge in [0.15, 0.2) is 0 Å². The second-order valence-corrected chi connectivity index (χ2v) is 26.5. The van der Waals surface area contributed by atoms with Gasteiger partial charge in [-0.2, -0.15) is 0 Å². The summed E-state index contributed by atoms with van der Waals surface area (Å²) in [4.78, 5) is 37.9. The summed E-state index contributed by atoms with van der Waals surface area (Å²) in [7, 11) is 1.46. The first-order valence-electron chi connectivity index (χ1n) is 36.0. The number of phosphoric ester groups is 1. The highest BCUT2D eigenvalue weighted by Crippen LogP contribution is 2.43. The van der Waals surface area contributed by atoms with Crippen LogP contribution in [0.15, 0.2) is 134 Å². The van der Waals surface area contributed by atoms with Crippen molar-refractivity contribution in [3.63, 3.8) is 0 Å². The molecule has 0 aliphatic heterocycles. The largest absolute Gasteiger partial charge is 0.472 e. The molecule has 0 aromatic carbocycles. The molecule has 504 valence electrons. The Balaban J connectivity index is 5.12. The van der Waals surface area contributed by atoms with Crippen LogP contribution in [0.3, 0.4) is 0 Å². The quantitative estimate of drug-likeness (QED) is 0.0205. The van der Waals surface area contributed by atoms with Crippen LogP contribution in [-0.2, 0) is 27.9 Å². The van der Waals surface area contributed by atoms with Gasteiger partial charge in [-0.1, -0.05) is 290 Å². The third-order valence-corrected chi connectivity index (χ3v) is 16.3. The predicted molar refractivity (Wildman–Crippen MR) is 383 cm³/mol. The molecule has 2 N–H and O–H groups in total. The van der Waals surface area contributed by atoms with Gasteiger partial charge < -0.3 is 19.4 Å². The SMILES string of the molecule is CC/C=C\C/C=C\C/C=C\C/C=C\C/C=C\C/C=C\CCCCCCC(=O)NC(COP(=O)(O)OCC[N+](C)(C)C)C(/C=C/CCCCCCCCCCCC)OC(=O)CCCCCCCCCCCCC/C=C\C/C=C\C/C=C\C/C=C\CCCCC. The Kier molecular flexibility index (Phi) is 63.2. The molecule has 0 aromatic heterocycles. The molecule has 0 spiro atoms. The van der Waals surface area contributed by atoms with Crippen molar-refractivity contribution < 1.29 is 37.3 Å². The van der Waals surface area contributed by atoms with Crippen molar-refractivity contribution in [3.8, 4) is 0 Å². The molecule has 0 heterocycles. The van der Waals surface area contributed by atoms with E-state index in [2.05, 4.69) is 148 Å². The number of likely N-dealkylation sites (N-methyl/N-ethyl adjacent to an activating group) is 1. The highest BCUT2D eigenvalue weighted by atomic mass is 31.2. The number of quaternary nitrogens is 1. The number of ether oxygens (including phenoxy) is 1. The number of hydrogen-bond acceptors (Lipinski definition) is 6. The number of esters is 1. The number of nitrogens with zero attached hydrogens (tertiary/aromatic N) is 1. The maximum absolute atomic E-state index is 13.6. The Morgan fingerprint density at radius 3 is 1.11 bits per heavy atom. The zero-order valence-electron chi connectivity index (χ0n) is 57.7. The average Bonchev–Trinajstić information content (AvgIpc) is 3.53. The zero-order chi connectivity index (χ0) is 64.2. The predicted octanol–water partition coefficient (Wildman–Crippen LogP) is 23.2. The zero-order valence-corrected chi connectivity index (χ0v) is 58.6. The van der Waals surface area contributed by atoms with Crippen LogP contribution in [0.2, 0.25) is 0 Å². The summed E-state index contributed by atoms with van der Waals surface area (Å²) in [5.74, 6) is -0.541. The number of unbranched alkanes of at least 4 members (excludes halogenated alkanes) is 28. The lowest BCUT2D eigenvalue weighted by Crippen LogP contribution is -2.47. The maximum atomic E-state index is 13.6. The van der Waals surface area contributed by atoms with E-state index in [1.807, 2.05) is 33.3 Å². The summed E-state index contributed by atoms with van der Waals surface area (Å²) < 4.78 is 30.8. The maximum Gasteiger partial charge on any atom is 0.472 e. The molecule has 0 fully saturated rings. The first-order valence-corrected chi connectivity index (χ1v) is 37.5. The minimum Gasteiger partial charge on any atom is -0.456 e. The summed E-state index contributed by atoms with van der Waals surface area (Å²) in [5.41, 5.74) is 0. The highest BCUT2D eigenvalue weighted by Gasteiger charge is 2.30. The summed E-state index contributed by atoms with van der Waals surface area (Å²) >= 11 is 0. The lowest BCUT2D eigenvalue weighted by Gasteiger charge is -2.27. The molecule has 0 saturated heterocycles. The van der Waals surface area contributed by atoms with Crippen LogP contribution in [0, 0.1) is 0 Å². The van der Waals surface area contributed by atoms with Gasteiger partial charge in [0.1, 0.15) is 19.3 Å². The molecular weight excluding hydrogens is 1110 g/mol. The fraction of sp³-hybridized carbons (Fsp3) is 0.692. The first-order chi connectivity index (χ1) is 42.9. The average molecular weight is 1240 g/mol. The fourth-order valence-corrected chi connectivity index (χ4v) is 10.5. The standard InChI is InChI=1S/C78H135N2O7P/c1-7-10-13-16-19-22-25-28-30-32-34-36-38-39-40-41-43-45-47-49-51-53-56-59-62-65-68-71-78(82)87-76(69-66-63-60-57-54-27-24-21-18-15-12-9-3)75(74-86-88(83,84)85-73-72-80(4,5)6)79-77(81)70-67-64-61-58-55-52-50-48-46-44-42-37-35-33-31-29-26-23-20-17-14-11-8-2/h11,14,19-20,22-23,28-31,34-37,39-40,44,46,50,52,66,69,75-76H,7-10,12-13,15-18,21,24-27,32-33,38,41-43,45,47-49,51,53-65,67-68,70-74H2,1-6H3,(H-,79,81,83,84)/p+1/b14-11-,22-19-,23-20-,30-28-,31-29-,36-34-,37-35-,40-39-,46-44-,52-50-,69-66+. The number of nitrogens with one attached hydrogen (secondary N) is 1. The molecule has 0 rings (SSSR count). The number of carbonyl (C=O) groups is 2. The minimum atomic E-state index is -4.47. The van der Waals surface area contributed by atoms with Gasteiger partial charge in [0, 0.05) is 12.8 Å². The molecule has 0 radical (unpaired) electrons. The van der Waals surface area contributed by atoms with E-state index in [0.717, 1.165) is 122 Å². The van der Waals surface area contributed by atoms with Crippen LogP contribution in [-0.4, -0.2) is 74.3 Å². The van der Waals surface area contributed by atoms with E-state index in [0.29, 0.717) is 23.9 Å². The number of rotatable bonds is 64. The van der Waals surface area contributed by atoms with Crippen LogP contribution >= 0.6 is 7.82 Å². The van der Waals surface area contributed by atoms with Crippen molar-refractivity contribution in [3.05, 3.63) is 134 Å². The van der Waals surface area contributed by atoms with Crippen LogP contribution < -0.4 is 5.32 Å². The smallest absolute Gasteiger partial charge is 0.456 e. The van der Waals surface area contributed by atoms with Crippen LogP contribution in [0.1, 0.15) is 297 Å². The van der Waals surface area contributed by atoms with E-state index in [9.17, 15) is 19.0 Å². The van der Waals surface area contributed by atoms with E-state index < -0.39 is 20.0 Å². The van der Waals surface area contributed by atoms with Crippen LogP contribution in [0.5, 0.6) is 0 Å². The van der Waals surface area contributed by atoms with E-state index in [1.54, 1.807) is 0 Å². The highest BCUT2D eigenvalue weighted by molar-refractivity contribution is 7.47. The van der Waals surface area contributed by atoms with Gasteiger partial charge in [-0.15, -0.1) is 0 Å². The summed E-state index contributed by atoms with van der Waals surface area (Å²) in [6.07, 6.45) is 94.6. The van der Waals surface area contributed by atoms with E-state index in [1.165, 1.54) is 135 Å². The molecule has 0 aliphatic rings. The molecule has 1 amide bonds. The Labute approximate surface area is 543 Å². The number of allylic oxidation sites excluding steroid dienone is 21. The number of amides is 1. The van der Waals surface area contributed by atoms with E-state index in [4.69, 9.17) is 13.8 Å². The topological polar surface area (TPSA) is 111 Å². The first kappa shape index (κ1) is 84.2. The molecule has 0 aromatic rings. The molecule has 0 bridgehead atoms. The van der Waals surface area contributed by atoms with Gasteiger partial charge in [0.2, 0.25) is 5.91 Å². The lowest BCUT2D eigenvalue weighted by molar-refractivity contribution is -0.870. The number of phosphoric acid groups is 1. The van der Waals surface area contributed by atoms with Crippen molar-refractivity contribution in [1.82, 2.24) is 5.32 Å². The Bertz CT molecular complexity index is 1970. The van der Waals surface area contributed by atoms with Crippen molar-refractivity contribution in [1.29, 1.82) is 0 Å². The molecule has 10 heteroatoms. The third kappa shape index (κ3) is 66.6. The fourth-order valence-electron chi connectivity index (χ4n) is 9.81. The minimum absolute atomic E-state index is 0.0276. The van der Waals surface area contributed by atoms with E-state index in [-0.39, 0.29) is 31.5 Å². The Morgan fingerprint density at radius 2 is 0.727 bits per heavy atom. The van der Waals surface area contributed by atoms with Gasteiger partial charge in [-0.25, -0.2) is 4.57 Å². The Hall–Kier alpha value is -3.85. The summed E-state index contributed by atoms with van der Waals surface area (Å²) in [6, 6.07) is -0.874. The van der Waals surface area contributed by atoms with Crippen LogP contribution in [0.25, 0.3) is 0 Å². The number of carbonyl (C=O) groups excluding carboxylic acids is 2.